The maximum atomic E-state index is 12.8. The molecule has 1 unspecified atom stereocenters. The maximum absolute atomic E-state index is 12.8. The average molecular weight is 426 g/mol. The van der Waals surface area contributed by atoms with Gasteiger partial charge in [0.15, 0.2) is 0 Å². The number of aromatic nitrogens is 1. The quantitative estimate of drug-likeness (QED) is 0.322. The normalized spacial score (nSPS) is 15.9. The number of nitrogens with one attached hydrogen (secondary N) is 2. The van der Waals surface area contributed by atoms with Gasteiger partial charge in [-0.1, -0.05) is 37.3 Å². The van der Waals surface area contributed by atoms with Crippen LogP contribution >= 0.6 is 0 Å². The Morgan fingerprint density at radius 1 is 1.19 bits per heavy atom. The van der Waals surface area contributed by atoms with Gasteiger partial charge in [0.2, 0.25) is 0 Å². The monoisotopic (exact) mass is 425 g/mol. The minimum absolute atomic E-state index is 0.222. The molecule has 0 aliphatic heterocycles. The first-order chi connectivity index (χ1) is 15.6. The van der Waals surface area contributed by atoms with Crippen LogP contribution in [0.1, 0.15) is 47.4 Å². The summed E-state index contributed by atoms with van der Waals surface area (Å²) in [4.78, 5) is 16.4. The van der Waals surface area contributed by atoms with E-state index >= 15 is 0 Å². The van der Waals surface area contributed by atoms with E-state index in [0.29, 0.717) is 18.1 Å². The van der Waals surface area contributed by atoms with E-state index in [1.807, 2.05) is 55.5 Å². The van der Waals surface area contributed by atoms with Crippen molar-refractivity contribution in [3.05, 3.63) is 77.0 Å². The number of amides is 1. The Balaban J connectivity index is 1.41. The molecule has 4 aromatic rings. The van der Waals surface area contributed by atoms with Gasteiger partial charge in [-0.05, 0) is 72.7 Å². The molecule has 0 saturated carbocycles. The molecule has 3 aromatic carbocycles. The van der Waals surface area contributed by atoms with Gasteiger partial charge in [0.05, 0.1) is 12.8 Å². The number of nitrogens with zero attached hydrogens (tertiary/aromatic N) is 1. The van der Waals surface area contributed by atoms with Crippen LogP contribution in [0.25, 0.3) is 21.7 Å². The number of hydrazone groups is 1. The first-order valence-corrected chi connectivity index (χ1v) is 11.3. The van der Waals surface area contributed by atoms with Gasteiger partial charge in [-0.15, -0.1) is 0 Å². The smallest absolute Gasteiger partial charge is 0.271 e. The molecule has 0 radical (unpaired) electrons. The summed E-state index contributed by atoms with van der Waals surface area (Å²) >= 11 is 0. The van der Waals surface area contributed by atoms with Gasteiger partial charge < -0.3 is 9.72 Å². The summed E-state index contributed by atoms with van der Waals surface area (Å²) in [6.07, 6.45) is 5.01. The SMILES string of the molecule is CCOc1ccc2ccccc2c1/C=N\NC(=O)c1ccc2[nH]c3c(c2c1)CC(C)CC3. The van der Waals surface area contributed by atoms with Crippen molar-refractivity contribution in [2.45, 2.75) is 33.1 Å². The Morgan fingerprint density at radius 3 is 2.94 bits per heavy atom. The Hall–Kier alpha value is -3.60. The lowest BCUT2D eigenvalue weighted by molar-refractivity contribution is 0.0955. The largest absolute Gasteiger partial charge is 0.493 e. The maximum Gasteiger partial charge on any atom is 0.271 e. The molecule has 162 valence electrons. The van der Waals surface area contributed by atoms with Crippen molar-refractivity contribution in [1.29, 1.82) is 0 Å². The Morgan fingerprint density at radius 2 is 2.06 bits per heavy atom. The second kappa shape index (κ2) is 8.50. The zero-order chi connectivity index (χ0) is 22.1. The molecule has 1 atom stereocenters. The highest BCUT2D eigenvalue weighted by atomic mass is 16.5. The van der Waals surface area contributed by atoms with E-state index in [0.717, 1.165) is 45.8 Å². The van der Waals surface area contributed by atoms with E-state index in [1.165, 1.54) is 17.7 Å². The molecule has 1 aromatic heterocycles. The van der Waals surface area contributed by atoms with Gasteiger partial charge in [-0.2, -0.15) is 5.10 Å². The lowest BCUT2D eigenvalue weighted by Gasteiger charge is -2.18. The number of aromatic amines is 1. The van der Waals surface area contributed by atoms with Crippen LogP contribution in [0, 0.1) is 5.92 Å². The second-order valence-electron chi connectivity index (χ2n) is 8.52. The second-order valence-corrected chi connectivity index (χ2v) is 8.52. The molecule has 1 amide bonds. The zero-order valence-corrected chi connectivity index (χ0v) is 18.4. The van der Waals surface area contributed by atoms with Gasteiger partial charge in [0.1, 0.15) is 5.75 Å². The van der Waals surface area contributed by atoms with Crippen molar-refractivity contribution >= 4 is 33.8 Å². The van der Waals surface area contributed by atoms with Crippen molar-refractivity contribution in [3.8, 4) is 5.75 Å². The van der Waals surface area contributed by atoms with Crippen molar-refractivity contribution in [1.82, 2.24) is 10.4 Å². The van der Waals surface area contributed by atoms with Crippen LogP contribution in [0.5, 0.6) is 5.75 Å². The molecule has 1 heterocycles. The molecule has 1 aliphatic carbocycles. The van der Waals surface area contributed by atoms with Crippen LogP contribution in [0.4, 0.5) is 0 Å². The highest BCUT2D eigenvalue weighted by molar-refractivity contribution is 6.03. The highest BCUT2D eigenvalue weighted by Gasteiger charge is 2.20. The summed E-state index contributed by atoms with van der Waals surface area (Å²) in [5.41, 5.74) is 7.92. The molecule has 5 rings (SSSR count). The fourth-order valence-electron chi connectivity index (χ4n) is 4.64. The molecule has 5 heteroatoms. The first kappa shape index (κ1) is 20.3. The minimum Gasteiger partial charge on any atom is -0.493 e. The third kappa shape index (κ3) is 3.75. The summed E-state index contributed by atoms with van der Waals surface area (Å²) in [5, 5.41) is 7.55. The molecule has 1 aliphatic rings. The summed E-state index contributed by atoms with van der Waals surface area (Å²) in [6.45, 7) is 4.80. The molecule has 2 N–H and O–H groups in total. The molecule has 32 heavy (non-hydrogen) atoms. The van der Waals surface area contributed by atoms with E-state index < -0.39 is 0 Å². The third-order valence-electron chi connectivity index (χ3n) is 6.29. The van der Waals surface area contributed by atoms with Crippen molar-refractivity contribution in [2.24, 2.45) is 11.0 Å². The Labute approximate surface area is 187 Å². The molecule has 0 spiro atoms. The standard InChI is InChI=1S/C27H27N3O2/c1-3-32-26-13-10-18-6-4-5-7-20(18)23(26)16-28-30-27(31)19-9-12-25-22(15-19)21-14-17(2)8-11-24(21)29-25/h4-7,9-10,12-13,15-17,29H,3,8,11,14H2,1-2H3,(H,30,31)/b28-16-. The van der Waals surface area contributed by atoms with Gasteiger partial charge >= 0.3 is 0 Å². The number of hydrogen-bond acceptors (Lipinski definition) is 3. The number of aryl methyl sites for hydroxylation is 1. The van der Waals surface area contributed by atoms with Gasteiger partial charge in [0, 0.05) is 27.7 Å². The number of H-pyrrole nitrogens is 1. The van der Waals surface area contributed by atoms with Crippen LogP contribution in [0.15, 0.2) is 59.7 Å². The zero-order valence-electron chi connectivity index (χ0n) is 18.4. The summed E-state index contributed by atoms with van der Waals surface area (Å²) in [5.74, 6) is 1.20. The number of fused-ring (bicyclic) bond motifs is 4. The molecular formula is C27H27N3O2. The van der Waals surface area contributed by atoms with E-state index in [-0.39, 0.29) is 5.91 Å². The van der Waals surface area contributed by atoms with Gasteiger partial charge in [-0.25, -0.2) is 5.43 Å². The van der Waals surface area contributed by atoms with Crippen LogP contribution in [-0.2, 0) is 12.8 Å². The Bertz CT molecular complexity index is 1340. The average Bonchev–Trinajstić information content (AvgIpc) is 3.17. The number of carbonyl (C=O) groups is 1. The molecule has 0 saturated heterocycles. The van der Waals surface area contributed by atoms with Crippen molar-refractivity contribution in [2.75, 3.05) is 6.61 Å². The fourth-order valence-corrected chi connectivity index (χ4v) is 4.64. The number of ether oxygens (including phenoxy) is 1. The Kier molecular flexibility index (Phi) is 5.39. The minimum atomic E-state index is -0.222. The van der Waals surface area contributed by atoms with E-state index in [2.05, 4.69) is 28.5 Å². The van der Waals surface area contributed by atoms with E-state index in [4.69, 9.17) is 4.74 Å². The van der Waals surface area contributed by atoms with E-state index in [1.54, 1.807) is 6.21 Å². The lowest BCUT2D eigenvalue weighted by Crippen LogP contribution is -2.17. The molecular weight excluding hydrogens is 398 g/mol. The summed E-state index contributed by atoms with van der Waals surface area (Å²) in [7, 11) is 0. The summed E-state index contributed by atoms with van der Waals surface area (Å²) < 4.78 is 5.78. The lowest BCUT2D eigenvalue weighted by atomic mass is 9.87. The topological polar surface area (TPSA) is 66.5 Å². The molecule has 0 bridgehead atoms. The van der Waals surface area contributed by atoms with Crippen LogP contribution in [-0.4, -0.2) is 23.7 Å². The summed E-state index contributed by atoms with van der Waals surface area (Å²) in [6, 6.07) is 17.9. The predicted molar refractivity (Wildman–Crippen MR) is 130 cm³/mol. The van der Waals surface area contributed by atoms with Crippen molar-refractivity contribution < 1.29 is 9.53 Å². The van der Waals surface area contributed by atoms with Crippen LogP contribution in [0.2, 0.25) is 0 Å². The third-order valence-corrected chi connectivity index (χ3v) is 6.29. The first-order valence-electron chi connectivity index (χ1n) is 11.3. The highest BCUT2D eigenvalue weighted by Crippen LogP contribution is 2.32. The molecule has 5 nitrogen and oxygen atoms in total. The fraction of sp³-hybridized carbons (Fsp3) is 0.259. The van der Waals surface area contributed by atoms with Gasteiger partial charge in [0.25, 0.3) is 5.91 Å². The number of hydrogen-bond donors (Lipinski definition) is 2. The van der Waals surface area contributed by atoms with Gasteiger partial charge in [-0.3, -0.25) is 4.79 Å². The predicted octanol–water partition coefficient (Wildman–Crippen LogP) is 5.61. The van der Waals surface area contributed by atoms with Crippen LogP contribution in [0.3, 0.4) is 0 Å². The molecule has 0 fully saturated rings. The number of carbonyl (C=O) groups excluding carboxylic acids is 1. The number of rotatable bonds is 5. The number of benzene rings is 3. The van der Waals surface area contributed by atoms with Crippen molar-refractivity contribution in [3.63, 3.8) is 0 Å². The van der Waals surface area contributed by atoms with E-state index in [9.17, 15) is 4.79 Å². The van der Waals surface area contributed by atoms with Crippen LogP contribution < -0.4 is 10.2 Å².